The van der Waals surface area contributed by atoms with Crippen LogP contribution in [0.5, 0.6) is 5.75 Å². The van der Waals surface area contributed by atoms with Gasteiger partial charge in [-0.1, -0.05) is 43.7 Å². The molecule has 0 spiro atoms. The molecule has 33 heavy (non-hydrogen) atoms. The minimum Gasteiger partial charge on any atom is -0.507 e. The molecule has 6 heteroatoms. The van der Waals surface area contributed by atoms with Crippen LogP contribution in [-0.4, -0.2) is 58.9 Å². The topological polar surface area (TPSA) is 70.1 Å². The van der Waals surface area contributed by atoms with Crippen molar-refractivity contribution in [2.75, 3.05) is 26.2 Å². The van der Waals surface area contributed by atoms with Gasteiger partial charge in [0.1, 0.15) is 11.5 Å². The average molecular weight is 451 g/mol. The summed E-state index contributed by atoms with van der Waals surface area (Å²) < 4.78 is 5.68. The van der Waals surface area contributed by atoms with E-state index in [0.717, 1.165) is 24.2 Å². The highest BCUT2D eigenvalue weighted by Crippen LogP contribution is 2.39. The van der Waals surface area contributed by atoms with E-state index in [9.17, 15) is 14.7 Å². The summed E-state index contributed by atoms with van der Waals surface area (Å²) in [6.07, 6.45) is 0.0297. The van der Waals surface area contributed by atoms with Crippen LogP contribution in [0.1, 0.15) is 50.4 Å². The van der Waals surface area contributed by atoms with Crippen LogP contribution in [0.2, 0.25) is 0 Å². The lowest BCUT2D eigenvalue weighted by Gasteiger charge is -2.28. The van der Waals surface area contributed by atoms with Gasteiger partial charge in [-0.25, -0.2) is 0 Å². The number of rotatable bonds is 9. The quantitative estimate of drug-likeness (QED) is 0.345. The maximum absolute atomic E-state index is 13.1. The molecular formula is C27H34N2O4. The summed E-state index contributed by atoms with van der Waals surface area (Å²) in [4.78, 5) is 30.0. The zero-order valence-corrected chi connectivity index (χ0v) is 20.2. The molecule has 0 aromatic heterocycles. The third-order valence-electron chi connectivity index (χ3n) is 5.98. The molecule has 1 aliphatic heterocycles. The molecule has 1 amide bonds. The number of aliphatic hydroxyl groups is 1. The number of likely N-dealkylation sites (N-methyl/N-ethyl adjacent to an activating group) is 1. The Hall–Kier alpha value is -3.12. The zero-order chi connectivity index (χ0) is 24.1. The maximum Gasteiger partial charge on any atom is 0.295 e. The van der Waals surface area contributed by atoms with Crippen molar-refractivity contribution < 1.29 is 19.4 Å². The molecule has 1 heterocycles. The van der Waals surface area contributed by atoms with Crippen LogP contribution in [0.4, 0.5) is 0 Å². The summed E-state index contributed by atoms with van der Waals surface area (Å²) >= 11 is 0. The summed E-state index contributed by atoms with van der Waals surface area (Å²) in [6.45, 7) is 12.8. The van der Waals surface area contributed by atoms with Crippen molar-refractivity contribution >= 4 is 17.4 Å². The summed E-state index contributed by atoms with van der Waals surface area (Å²) in [5.41, 5.74) is 2.49. The Labute approximate surface area is 196 Å². The molecule has 0 saturated carbocycles. The van der Waals surface area contributed by atoms with Gasteiger partial charge >= 0.3 is 0 Å². The summed E-state index contributed by atoms with van der Waals surface area (Å²) in [6, 6.07) is 14.1. The third-order valence-corrected chi connectivity index (χ3v) is 5.98. The van der Waals surface area contributed by atoms with Crippen molar-refractivity contribution in [2.24, 2.45) is 0 Å². The zero-order valence-electron chi connectivity index (χ0n) is 20.2. The molecule has 2 aromatic carbocycles. The number of carbonyl (C=O) groups is 2. The minimum atomic E-state index is -0.653. The molecule has 1 fully saturated rings. The molecule has 1 atom stereocenters. The molecule has 1 aliphatic rings. The molecule has 0 radical (unpaired) electrons. The fourth-order valence-electron chi connectivity index (χ4n) is 4.11. The minimum absolute atomic E-state index is 0.0297. The number of aryl methyl sites for hydroxylation is 1. The first kappa shape index (κ1) is 24.5. The van der Waals surface area contributed by atoms with E-state index >= 15 is 0 Å². The van der Waals surface area contributed by atoms with Crippen LogP contribution in [0.3, 0.4) is 0 Å². The number of hydrogen-bond donors (Lipinski definition) is 1. The Morgan fingerprint density at radius 2 is 1.64 bits per heavy atom. The SMILES string of the molecule is CCN(CC)CCN1C(=O)C(=O)/C(=C(\O)c2ccc(OC(C)C)cc2)C1c1ccc(C)cc1. The lowest BCUT2D eigenvalue weighted by Crippen LogP contribution is -2.38. The predicted molar refractivity (Wildman–Crippen MR) is 130 cm³/mol. The van der Waals surface area contributed by atoms with Gasteiger partial charge in [0.25, 0.3) is 11.7 Å². The Morgan fingerprint density at radius 3 is 2.18 bits per heavy atom. The highest BCUT2D eigenvalue weighted by atomic mass is 16.5. The van der Waals surface area contributed by atoms with E-state index in [4.69, 9.17) is 4.74 Å². The fraction of sp³-hybridized carbons (Fsp3) is 0.407. The highest BCUT2D eigenvalue weighted by Gasteiger charge is 2.45. The summed E-state index contributed by atoms with van der Waals surface area (Å²) in [5, 5.41) is 11.2. The molecule has 0 aliphatic carbocycles. The second-order valence-corrected chi connectivity index (χ2v) is 8.62. The van der Waals surface area contributed by atoms with Gasteiger partial charge < -0.3 is 19.6 Å². The van der Waals surface area contributed by atoms with E-state index in [1.807, 2.05) is 45.0 Å². The van der Waals surface area contributed by atoms with Crippen molar-refractivity contribution in [3.05, 3.63) is 70.8 Å². The predicted octanol–water partition coefficient (Wildman–Crippen LogP) is 4.55. The van der Waals surface area contributed by atoms with Crippen molar-refractivity contribution in [3.63, 3.8) is 0 Å². The number of ether oxygens (including phenoxy) is 1. The fourth-order valence-corrected chi connectivity index (χ4v) is 4.11. The standard InChI is InChI=1S/C27H34N2O4/c1-6-28(7-2)16-17-29-24(20-10-8-19(5)9-11-20)23(26(31)27(29)32)25(30)21-12-14-22(15-13-21)33-18(3)4/h8-15,18,24,30H,6-7,16-17H2,1-5H3/b25-23-. The van der Waals surface area contributed by atoms with E-state index in [-0.39, 0.29) is 17.4 Å². The number of carbonyl (C=O) groups excluding carboxylic acids is 2. The number of amides is 1. The van der Waals surface area contributed by atoms with Crippen molar-refractivity contribution in [2.45, 2.75) is 46.8 Å². The van der Waals surface area contributed by atoms with Crippen LogP contribution >= 0.6 is 0 Å². The number of nitrogens with zero attached hydrogens (tertiary/aromatic N) is 2. The first-order valence-electron chi connectivity index (χ1n) is 11.6. The van der Waals surface area contributed by atoms with Crippen LogP contribution in [-0.2, 0) is 9.59 Å². The number of hydrogen-bond acceptors (Lipinski definition) is 5. The van der Waals surface area contributed by atoms with Gasteiger partial charge in [-0.3, -0.25) is 9.59 Å². The smallest absolute Gasteiger partial charge is 0.295 e. The van der Waals surface area contributed by atoms with Crippen molar-refractivity contribution in [3.8, 4) is 5.75 Å². The highest BCUT2D eigenvalue weighted by molar-refractivity contribution is 6.46. The van der Waals surface area contributed by atoms with E-state index < -0.39 is 17.7 Å². The number of Topliss-reactive ketones (excluding diaryl/α,β-unsaturated/α-hetero) is 1. The van der Waals surface area contributed by atoms with Crippen molar-refractivity contribution in [1.29, 1.82) is 0 Å². The molecule has 1 unspecified atom stereocenters. The Balaban J connectivity index is 2.04. The largest absolute Gasteiger partial charge is 0.507 e. The van der Waals surface area contributed by atoms with Gasteiger partial charge in [-0.2, -0.15) is 0 Å². The first-order chi connectivity index (χ1) is 15.8. The second-order valence-electron chi connectivity index (χ2n) is 8.62. The lowest BCUT2D eigenvalue weighted by molar-refractivity contribution is -0.140. The van der Waals surface area contributed by atoms with Gasteiger partial charge in [0.2, 0.25) is 0 Å². The Bertz CT molecular complexity index is 1010. The molecule has 176 valence electrons. The molecule has 1 N–H and O–H groups in total. The van der Waals surface area contributed by atoms with Gasteiger partial charge in [-0.15, -0.1) is 0 Å². The van der Waals surface area contributed by atoms with Crippen LogP contribution in [0, 0.1) is 6.92 Å². The van der Waals surface area contributed by atoms with Crippen LogP contribution in [0.15, 0.2) is 54.1 Å². The number of benzene rings is 2. The van der Waals surface area contributed by atoms with Gasteiger partial charge in [-0.05, 0) is 63.7 Å². The van der Waals surface area contributed by atoms with Crippen LogP contribution in [0.25, 0.3) is 5.76 Å². The monoisotopic (exact) mass is 450 g/mol. The van der Waals surface area contributed by atoms with Crippen LogP contribution < -0.4 is 4.74 Å². The summed E-state index contributed by atoms with van der Waals surface area (Å²) in [5.74, 6) is -0.717. The molecule has 0 bridgehead atoms. The van der Waals surface area contributed by atoms with Gasteiger partial charge in [0.15, 0.2) is 0 Å². The molecule has 1 saturated heterocycles. The lowest BCUT2D eigenvalue weighted by atomic mass is 9.94. The second kappa shape index (κ2) is 10.7. The maximum atomic E-state index is 13.1. The molecule has 2 aromatic rings. The number of aliphatic hydroxyl groups excluding tert-OH is 1. The summed E-state index contributed by atoms with van der Waals surface area (Å²) in [7, 11) is 0. The number of likely N-dealkylation sites (tertiary alicyclic amines) is 1. The van der Waals surface area contributed by atoms with E-state index in [1.54, 1.807) is 29.2 Å². The van der Waals surface area contributed by atoms with E-state index in [2.05, 4.69) is 18.7 Å². The van der Waals surface area contributed by atoms with Gasteiger partial charge in [0.05, 0.1) is 17.7 Å². The normalized spacial score (nSPS) is 17.9. The Kier molecular flexibility index (Phi) is 7.92. The Morgan fingerprint density at radius 1 is 1.03 bits per heavy atom. The third kappa shape index (κ3) is 5.45. The van der Waals surface area contributed by atoms with E-state index in [0.29, 0.717) is 24.4 Å². The number of ketones is 1. The van der Waals surface area contributed by atoms with E-state index in [1.165, 1.54) is 0 Å². The van der Waals surface area contributed by atoms with Gasteiger partial charge in [0, 0.05) is 18.7 Å². The average Bonchev–Trinajstić information content (AvgIpc) is 3.05. The first-order valence-corrected chi connectivity index (χ1v) is 11.6. The molecule has 3 rings (SSSR count). The molecule has 6 nitrogen and oxygen atoms in total. The van der Waals surface area contributed by atoms with Crippen molar-refractivity contribution in [1.82, 2.24) is 9.80 Å². The molecular weight excluding hydrogens is 416 g/mol.